The first-order valence-corrected chi connectivity index (χ1v) is 6.45. The monoisotopic (exact) mass is 265 g/mol. The first kappa shape index (κ1) is 15.3. The number of nitrogen functional groups attached to an aromatic ring is 1. The van der Waals surface area contributed by atoms with Crippen molar-refractivity contribution in [3.63, 3.8) is 0 Å². The molecule has 19 heavy (non-hydrogen) atoms. The van der Waals surface area contributed by atoms with Gasteiger partial charge in [-0.1, -0.05) is 6.92 Å². The third-order valence-electron chi connectivity index (χ3n) is 2.98. The highest BCUT2D eigenvalue weighted by Gasteiger charge is 2.13. The molecular formula is C14H23N3O2. The number of carbonyl (C=O) groups excluding carboxylic acids is 1. The molecule has 3 N–H and O–H groups in total. The summed E-state index contributed by atoms with van der Waals surface area (Å²) in [4.78, 5) is 14.1. The van der Waals surface area contributed by atoms with Crippen molar-refractivity contribution < 1.29 is 9.53 Å². The van der Waals surface area contributed by atoms with Crippen molar-refractivity contribution in [3.8, 4) is 5.75 Å². The molecule has 0 spiro atoms. The summed E-state index contributed by atoms with van der Waals surface area (Å²) in [7, 11) is 1.55. The quantitative estimate of drug-likeness (QED) is 0.771. The summed E-state index contributed by atoms with van der Waals surface area (Å²) in [5, 5.41) is 2.85. The van der Waals surface area contributed by atoms with E-state index in [4.69, 9.17) is 10.5 Å². The lowest BCUT2D eigenvalue weighted by atomic mass is 10.2. The molecule has 0 saturated carbocycles. The van der Waals surface area contributed by atoms with Crippen LogP contribution in [0.3, 0.4) is 0 Å². The zero-order valence-electron chi connectivity index (χ0n) is 12.1. The molecule has 5 heteroatoms. The first-order valence-electron chi connectivity index (χ1n) is 6.45. The van der Waals surface area contributed by atoms with Crippen LogP contribution in [0, 0.1) is 0 Å². The zero-order chi connectivity index (χ0) is 14.4. The highest BCUT2D eigenvalue weighted by atomic mass is 16.5. The number of likely N-dealkylation sites (N-methyl/N-ethyl adjacent to an activating group) is 1. The number of hydrogen-bond donors (Lipinski definition) is 2. The summed E-state index contributed by atoms with van der Waals surface area (Å²) in [6.45, 7) is 7.38. The topological polar surface area (TPSA) is 67.6 Å². The van der Waals surface area contributed by atoms with Crippen LogP contribution in [0.4, 0.5) is 11.4 Å². The van der Waals surface area contributed by atoms with Crippen LogP contribution in [0.5, 0.6) is 5.75 Å². The van der Waals surface area contributed by atoms with Crippen LogP contribution in [0.2, 0.25) is 0 Å². The van der Waals surface area contributed by atoms with Gasteiger partial charge in [0.25, 0.3) is 0 Å². The van der Waals surface area contributed by atoms with E-state index in [2.05, 4.69) is 24.1 Å². The largest absolute Gasteiger partial charge is 0.494 e. The predicted molar refractivity (Wildman–Crippen MR) is 78.4 cm³/mol. The smallest absolute Gasteiger partial charge is 0.238 e. The summed E-state index contributed by atoms with van der Waals surface area (Å²) < 4.78 is 5.20. The van der Waals surface area contributed by atoms with Gasteiger partial charge in [-0.25, -0.2) is 0 Å². The molecule has 0 fully saturated rings. The van der Waals surface area contributed by atoms with E-state index in [1.165, 1.54) is 0 Å². The summed E-state index contributed by atoms with van der Waals surface area (Å²) in [5.74, 6) is 0.513. The number of hydrogen-bond acceptors (Lipinski definition) is 4. The molecule has 0 heterocycles. The molecule has 0 aliphatic heterocycles. The number of nitrogens with one attached hydrogen (secondary N) is 1. The molecule has 0 aliphatic carbocycles. The number of nitrogens with zero attached hydrogens (tertiary/aromatic N) is 1. The van der Waals surface area contributed by atoms with Crippen LogP contribution >= 0.6 is 0 Å². The maximum Gasteiger partial charge on any atom is 0.238 e. The standard InChI is InChI=1S/C14H23N3O2/c1-5-17(10(2)3)9-14(18)16-12-7-6-11(15)8-13(12)19-4/h6-8,10H,5,9,15H2,1-4H3,(H,16,18). The van der Waals surface area contributed by atoms with E-state index in [9.17, 15) is 4.79 Å². The molecule has 0 radical (unpaired) electrons. The highest BCUT2D eigenvalue weighted by molar-refractivity contribution is 5.94. The van der Waals surface area contributed by atoms with Crippen molar-refractivity contribution in [2.45, 2.75) is 26.8 Å². The van der Waals surface area contributed by atoms with Crippen LogP contribution in [0.25, 0.3) is 0 Å². The molecule has 0 aliphatic rings. The van der Waals surface area contributed by atoms with Gasteiger partial charge in [-0.15, -0.1) is 0 Å². The molecule has 106 valence electrons. The van der Waals surface area contributed by atoms with Gasteiger partial charge in [0, 0.05) is 17.8 Å². The van der Waals surface area contributed by atoms with Crippen LogP contribution in [0.15, 0.2) is 18.2 Å². The Morgan fingerprint density at radius 1 is 1.47 bits per heavy atom. The van der Waals surface area contributed by atoms with E-state index in [0.717, 1.165) is 6.54 Å². The van der Waals surface area contributed by atoms with Gasteiger partial charge >= 0.3 is 0 Å². The van der Waals surface area contributed by atoms with E-state index in [1.807, 2.05) is 6.92 Å². The normalized spacial score (nSPS) is 10.8. The molecule has 1 amide bonds. The number of benzene rings is 1. The number of methoxy groups -OCH3 is 1. The summed E-state index contributed by atoms with van der Waals surface area (Å²) in [5.41, 5.74) is 6.92. The van der Waals surface area contributed by atoms with Gasteiger partial charge in [0.05, 0.1) is 19.3 Å². The summed E-state index contributed by atoms with van der Waals surface area (Å²) in [6.07, 6.45) is 0. The average molecular weight is 265 g/mol. The SMILES string of the molecule is CCN(CC(=O)Nc1ccc(N)cc1OC)C(C)C. The van der Waals surface area contributed by atoms with E-state index >= 15 is 0 Å². The summed E-state index contributed by atoms with van der Waals surface area (Å²) >= 11 is 0. The first-order chi connectivity index (χ1) is 8.97. The Balaban J connectivity index is 2.71. The van der Waals surface area contributed by atoms with Crippen LogP contribution in [0.1, 0.15) is 20.8 Å². The van der Waals surface area contributed by atoms with E-state index < -0.39 is 0 Å². The van der Waals surface area contributed by atoms with Gasteiger partial charge in [-0.2, -0.15) is 0 Å². The fraction of sp³-hybridized carbons (Fsp3) is 0.500. The second-order valence-corrected chi connectivity index (χ2v) is 4.66. The Hall–Kier alpha value is -1.75. The van der Waals surface area contributed by atoms with Gasteiger partial charge in [-0.05, 0) is 32.5 Å². The van der Waals surface area contributed by atoms with Crippen LogP contribution in [-0.2, 0) is 4.79 Å². The molecular weight excluding hydrogens is 242 g/mol. The molecule has 1 rings (SSSR count). The fourth-order valence-corrected chi connectivity index (χ4v) is 1.84. The fourth-order valence-electron chi connectivity index (χ4n) is 1.84. The second-order valence-electron chi connectivity index (χ2n) is 4.66. The van der Waals surface area contributed by atoms with Gasteiger partial charge in [0.15, 0.2) is 0 Å². The maximum absolute atomic E-state index is 12.0. The Labute approximate surface area is 114 Å². The predicted octanol–water partition coefficient (Wildman–Crippen LogP) is 1.95. The van der Waals surface area contributed by atoms with Gasteiger partial charge in [0.2, 0.25) is 5.91 Å². The molecule has 5 nitrogen and oxygen atoms in total. The third-order valence-corrected chi connectivity index (χ3v) is 2.98. The lowest BCUT2D eigenvalue weighted by molar-refractivity contribution is -0.117. The van der Waals surface area contributed by atoms with Crippen molar-refractivity contribution in [2.75, 3.05) is 31.2 Å². The molecule has 0 saturated heterocycles. The third kappa shape index (κ3) is 4.44. The molecule has 0 unspecified atom stereocenters. The molecule has 1 aromatic rings. The Morgan fingerprint density at radius 2 is 2.16 bits per heavy atom. The number of nitrogens with two attached hydrogens (primary N) is 1. The highest BCUT2D eigenvalue weighted by Crippen LogP contribution is 2.26. The minimum Gasteiger partial charge on any atom is -0.494 e. The van der Waals surface area contributed by atoms with Crippen molar-refractivity contribution in [1.82, 2.24) is 4.90 Å². The molecule has 1 aromatic carbocycles. The Bertz CT molecular complexity index is 433. The molecule has 0 atom stereocenters. The lowest BCUT2D eigenvalue weighted by Gasteiger charge is -2.24. The number of anilines is 2. The number of carbonyl (C=O) groups is 1. The number of ether oxygens (including phenoxy) is 1. The van der Waals surface area contributed by atoms with Crippen molar-refractivity contribution in [3.05, 3.63) is 18.2 Å². The second kappa shape index (κ2) is 6.99. The van der Waals surface area contributed by atoms with Crippen LogP contribution in [-0.4, -0.2) is 37.0 Å². The molecule has 0 aromatic heterocycles. The van der Waals surface area contributed by atoms with Gasteiger partial charge < -0.3 is 15.8 Å². The zero-order valence-corrected chi connectivity index (χ0v) is 12.1. The average Bonchev–Trinajstić information content (AvgIpc) is 2.37. The lowest BCUT2D eigenvalue weighted by Crippen LogP contribution is -2.37. The summed E-state index contributed by atoms with van der Waals surface area (Å²) in [6, 6.07) is 5.51. The molecule has 0 bridgehead atoms. The van der Waals surface area contributed by atoms with Crippen molar-refractivity contribution in [1.29, 1.82) is 0 Å². The maximum atomic E-state index is 12.0. The Morgan fingerprint density at radius 3 is 2.68 bits per heavy atom. The van der Waals surface area contributed by atoms with Crippen LogP contribution < -0.4 is 15.8 Å². The minimum atomic E-state index is -0.0568. The number of rotatable bonds is 6. The minimum absolute atomic E-state index is 0.0568. The van der Waals surface area contributed by atoms with Crippen molar-refractivity contribution in [2.24, 2.45) is 0 Å². The van der Waals surface area contributed by atoms with E-state index in [0.29, 0.717) is 29.7 Å². The van der Waals surface area contributed by atoms with E-state index in [1.54, 1.807) is 25.3 Å². The number of amides is 1. The van der Waals surface area contributed by atoms with E-state index in [-0.39, 0.29) is 5.91 Å². The van der Waals surface area contributed by atoms with Gasteiger partial charge in [0.1, 0.15) is 5.75 Å². The van der Waals surface area contributed by atoms with Crippen molar-refractivity contribution >= 4 is 17.3 Å². The van der Waals surface area contributed by atoms with Gasteiger partial charge in [-0.3, -0.25) is 9.69 Å². The Kier molecular flexibility index (Phi) is 5.63.